The molecule has 0 saturated carbocycles. The molecule has 26 heavy (non-hydrogen) atoms. The van der Waals surface area contributed by atoms with Crippen molar-refractivity contribution in [2.24, 2.45) is 11.3 Å². The maximum Gasteiger partial charge on any atom is 0.227 e. The predicted molar refractivity (Wildman–Crippen MR) is 97.3 cm³/mol. The van der Waals surface area contributed by atoms with Crippen LogP contribution in [0.2, 0.25) is 0 Å². The Labute approximate surface area is 155 Å². The van der Waals surface area contributed by atoms with Gasteiger partial charge in [-0.1, -0.05) is 0 Å². The van der Waals surface area contributed by atoms with Gasteiger partial charge in [-0.25, -0.2) is 4.98 Å². The zero-order valence-corrected chi connectivity index (χ0v) is 15.7. The molecular weight excluding hydrogens is 332 g/mol. The zero-order valence-electron chi connectivity index (χ0n) is 15.7. The molecule has 0 radical (unpaired) electrons. The highest BCUT2D eigenvalue weighted by atomic mass is 16.5. The molecule has 1 aromatic rings. The van der Waals surface area contributed by atoms with Crippen molar-refractivity contribution in [3.63, 3.8) is 0 Å². The number of rotatable bonds is 6. The van der Waals surface area contributed by atoms with Crippen molar-refractivity contribution in [1.29, 1.82) is 0 Å². The summed E-state index contributed by atoms with van der Waals surface area (Å²) in [4.78, 5) is 31.2. The lowest BCUT2D eigenvalue weighted by molar-refractivity contribution is -0.141. The van der Waals surface area contributed by atoms with Crippen LogP contribution in [0.15, 0.2) is 18.7 Å². The summed E-state index contributed by atoms with van der Waals surface area (Å²) >= 11 is 0. The van der Waals surface area contributed by atoms with Gasteiger partial charge < -0.3 is 19.5 Å². The molecule has 0 unspecified atom stereocenters. The normalized spacial score (nSPS) is 24.4. The quantitative estimate of drug-likeness (QED) is 0.831. The number of nitrogens with one attached hydrogen (secondary N) is 1. The van der Waals surface area contributed by atoms with Crippen LogP contribution in [-0.4, -0.2) is 59.1 Å². The third-order valence-corrected chi connectivity index (χ3v) is 5.63. The molecule has 2 aliphatic heterocycles. The van der Waals surface area contributed by atoms with E-state index in [4.69, 9.17) is 4.74 Å². The Bertz CT molecular complexity index is 598. The van der Waals surface area contributed by atoms with Gasteiger partial charge in [0.1, 0.15) is 0 Å². The van der Waals surface area contributed by atoms with E-state index in [1.807, 2.05) is 22.6 Å². The standard InChI is InChI=1S/C19H30N4O3/c1-19(18(25)21-13-16-4-11-26-12-5-16)6-2-8-23(14-19)17(24)3-9-22-10-7-20-15-22/h7,10,15-16H,2-6,8-9,11-14H2,1H3,(H,21,25)/t19-/m0/s1. The molecule has 1 aromatic heterocycles. The lowest BCUT2D eigenvalue weighted by atomic mass is 9.80. The largest absolute Gasteiger partial charge is 0.381 e. The highest BCUT2D eigenvalue weighted by molar-refractivity contribution is 5.84. The van der Waals surface area contributed by atoms with Crippen LogP contribution in [0.4, 0.5) is 0 Å². The molecule has 7 nitrogen and oxygen atoms in total. The Hall–Kier alpha value is -1.89. The van der Waals surface area contributed by atoms with E-state index in [1.54, 1.807) is 12.5 Å². The van der Waals surface area contributed by atoms with Gasteiger partial charge in [0.15, 0.2) is 0 Å². The fraction of sp³-hybridized carbons (Fsp3) is 0.737. The van der Waals surface area contributed by atoms with E-state index < -0.39 is 5.41 Å². The Morgan fingerprint density at radius 1 is 1.35 bits per heavy atom. The summed E-state index contributed by atoms with van der Waals surface area (Å²) in [5.41, 5.74) is -0.492. The average molecular weight is 362 g/mol. The maximum atomic E-state index is 12.8. The summed E-state index contributed by atoms with van der Waals surface area (Å²) in [5.74, 6) is 0.700. The minimum Gasteiger partial charge on any atom is -0.381 e. The number of carbonyl (C=O) groups excluding carboxylic acids is 2. The van der Waals surface area contributed by atoms with Crippen LogP contribution in [0.1, 0.15) is 39.0 Å². The summed E-state index contributed by atoms with van der Waals surface area (Å²) in [7, 11) is 0. The minimum atomic E-state index is -0.492. The number of hydrogen-bond acceptors (Lipinski definition) is 4. The van der Waals surface area contributed by atoms with E-state index in [-0.39, 0.29) is 11.8 Å². The molecule has 3 rings (SSSR count). The van der Waals surface area contributed by atoms with Crippen LogP contribution in [0.5, 0.6) is 0 Å². The van der Waals surface area contributed by atoms with Gasteiger partial charge >= 0.3 is 0 Å². The smallest absolute Gasteiger partial charge is 0.227 e. The third kappa shape index (κ3) is 4.84. The Kier molecular flexibility index (Phi) is 6.29. The first kappa shape index (κ1) is 18.9. The number of ether oxygens (including phenoxy) is 1. The lowest BCUT2D eigenvalue weighted by Gasteiger charge is -2.39. The van der Waals surface area contributed by atoms with Gasteiger partial charge in [0.2, 0.25) is 11.8 Å². The molecule has 7 heteroatoms. The first-order chi connectivity index (χ1) is 12.6. The summed E-state index contributed by atoms with van der Waals surface area (Å²) in [6.07, 6.45) is 9.46. The SMILES string of the molecule is C[C@]1(C(=O)NCC2CCOCC2)CCCN(C(=O)CCn2ccnc2)C1. The number of aromatic nitrogens is 2. The molecule has 0 bridgehead atoms. The highest BCUT2D eigenvalue weighted by Crippen LogP contribution is 2.30. The number of hydrogen-bond donors (Lipinski definition) is 1. The number of piperidine rings is 1. The second-order valence-corrected chi connectivity index (χ2v) is 7.80. The lowest BCUT2D eigenvalue weighted by Crippen LogP contribution is -2.52. The van der Waals surface area contributed by atoms with Gasteiger partial charge in [-0.05, 0) is 38.5 Å². The first-order valence-electron chi connectivity index (χ1n) is 9.66. The first-order valence-corrected chi connectivity index (χ1v) is 9.66. The molecule has 144 valence electrons. The van der Waals surface area contributed by atoms with Crippen LogP contribution in [0.25, 0.3) is 0 Å². The van der Waals surface area contributed by atoms with E-state index in [0.717, 1.165) is 45.4 Å². The number of imidazole rings is 1. The fourth-order valence-electron chi connectivity index (χ4n) is 3.84. The maximum absolute atomic E-state index is 12.8. The van der Waals surface area contributed by atoms with Crippen LogP contribution in [0, 0.1) is 11.3 Å². The van der Waals surface area contributed by atoms with E-state index in [9.17, 15) is 9.59 Å². The molecule has 2 aliphatic rings. The van der Waals surface area contributed by atoms with Crippen molar-refractivity contribution in [3.8, 4) is 0 Å². The summed E-state index contributed by atoms with van der Waals surface area (Å²) in [6.45, 7) is 6.16. The van der Waals surface area contributed by atoms with E-state index >= 15 is 0 Å². The molecule has 0 aliphatic carbocycles. The monoisotopic (exact) mass is 362 g/mol. The number of nitrogens with zero attached hydrogens (tertiary/aromatic N) is 3. The molecular formula is C19H30N4O3. The topological polar surface area (TPSA) is 76.5 Å². The van der Waals surface area contributed by atoms with Crippen LogP contribution < -0.4 is 5.32 Å². The molecule has 1 N–H and O–H groups in total. The third-order valence-electron chi connectivity index (χ3n) is 5.63. The predicted octanol–water partition coefficient (Wildman–Crippen LogP) is 1.44. The highest BCUT2D eigenvalue weighted by Gasteiger charge is 2.39. The van der Waals surface area contributed by atoms with Gasteiger partial charge in [-0.15, -0.1) is 0 Å². The van der Waals surface area contributed by atoms with Crippen molar-refractivity contribution in [2.45, 2.75) is 45.6 Å². The fourth-order valence-corrected chi connectivity index (χ4v) is 3.84. The van der Waals surface area contributed by atoms with Crippen molar-refractivity contribution >= 4 is 11.8 Å². The Morgan fingerprint density at radius 2 is 2.15 bits per heavy atom. The zero-order chi connectivity index (χ0) is 18.4. The van der Waals surface area contributed by atoms with E-state index in [2.05, 4.69) is 10.3 Å². The van der Waals surface area contributed by atoms with Crippen LogP contribution in [-0.2, 0) is 20.9 Å². The number of likely N-dealkylation sites (tertiary alicyclic amines) is 1. The van der Waals surface area contributed by atoms with E-state index in [1.165, 1.54) is 0 Å². The molecule has 2 saturated heterocycles. The molecule has 2 fully saturated rings. The van der Waals surface area contributed by atoms with Gasteiger partial charge in [0.25, 0.3) is 0 Å². The second-order valence-electron chi connectivity index (χ2n) is 7.80. The molecule has 0 spiro atoms. The Balaban J connectivity index is 1.48. The van der Waals surface area contributed by atoms with Gasteiger partial charge in [0.05, 0.1) is 11.7 Å². The van der Waals surface area contributed by atoms with Crippen LogP contribution in [0.3, 0.4) is 0 Å². The van der Waals surface area contributed by atoms with Crippen molar-refractivity contribution in [2.75, 3.05) is 32.8 Å². The van der Waals surface area contributed by atoms with Gasteiger partial charge in [-0.3, -0.25) is 9.59 Å². The van der Waals surface area contributed by atoms with Crippen molar-refractivity contribution in [3.05, 3.63) is 18.7 Å². The average Bonchev–Trinajstić information content (AvgIpc) is 3.18. The van der Waals surface area contributed by atoms with Crippen molar-refractivity contribution < 1.29 is 14.3 Å². The number of aryl methyl sites for hydroxylation is 1. The van der Waals surface area contributed by atoms with Gasteiger partial charge in [0, 0.05) is 58.2 Å². The minimum absolute atomic E-state index is 0.0797. The summed E-state index contributed by atoms with van der Waals surface area (Å²) in [5, 5.41) is 3.13. The molecule has 0 aromatic carbocycles. The second kappa shape index (κ2) is 8.66. The number of carbonyl (C=O) groups is 2. The van der Waals surface area contributed by atoms with Crippen molar-refractivity contribution in [1.82, 2.24) is 19.8 Å². The van der Waals surface area contributed by atoms with E-state index in [0.29, 0.717) is 32.0 Å². The molecule has 1 atom stereocenters. The van der Waals surface area contributed by atoms with Crippen LogP contribution >= 0.6 is 0 Å². The molecule has 2 amide bonds. The summed E-state index contributed by atoms with van der Waals surface area (Å²) in [6, 6.07) is 0. The Morgan fingerprint density at radius 3 is 2.88 bits per heavy atom. The van der Waals surface area contributed by atoms with Gasteiger partial charge in [-0.2, -0.15) is 0 Å². The number of amides is 2. The molecule has 3 heterocycles. The summed E-state index contributed by atoms with van der Waals surface area (Å²) < 4.78 is 7.27.